The Balaban J connectivity index is 2.30. The molecule has 0 saturated carbocycles. The van der Waals surface area contributed by atoms with Crippen LogP contribution in [0, 0.1) is 12.7 Å². The molecular formula is C10H10FN3O2S. The van der Waals surface area contributed by atoms with Gasteiger partial charge < -0.3 is 0 Å². The van der Waals surface area contributed by atoms with Crippen LogP contribution in [0.15, 0.2) is 35.5 Å². The summed E-state index contributed by atoms with van der Waals surface area (Å²) in [6.07, 6.45) is 2.46. The molecule has 0 aliphatic rings. The van der Waals surface area contributed by atoms with Gasteiger partial charge in [0.15, 0.2) is 0 Å². The molecule has 2 aromatic rings. The molecule has 2 rings (SSSR count). The van der Waals surface area contributed by atoms with Crippen molar-refractivity contribution in [1.82, 2.24) is 10.2 Å². The van der Waals surface area contributed by atoms with Crippen LogP contribution in [0.3, 0.4) is 0 Å². The van der Waals surface area contributed by atoms with Gasteiger partial charge in [0.2, 0.25) is 0 Å². The summed E-state index contributed by atoms with van der Waals surface area (Å²) in [5.41, 5.74) is 0.683. The third-order valence-electron chi connectivity index (χ3n) is 2.19. The van der Waals surface area contributed by atoms with Crippen molar-refractivity contribution in [3.63, 3.8) is 0 Å². The maximum absolute atomic E-state index is 13.0. The van der Waals surface area contributed by atoms with Gasteiger partial charge in [-0.3, -0.25) is 9.82 Å². The Kier molecular flexibility index (Phi) is 2.84. The average molecular weight is 255 g/mol. The van der Waals surface area contributed by atoms with Gasteiger partial charge in [-0.2, -0.15) is 5.10 Å². The van der Waals surface area contributed by atoms with Crippen LogP contribution in [0.1, 0.15) is 5.56 Å². The molecular weight excluding hydrogens is 245 g/mol. The highest BCUT2D eigenvalue weighted by Crippen LogP contribution is 2.17. The van der Waals surface area contributed by atoms with Gasteiger partial charge in [0.05, 0.1) is 6.20 Å². The zero-order valence-corrected chi connectivity index (χ0v) is 9.75. The van der Waals surface area contributed by atoms with Gasteiger partial charge in [0, 0.05) is 11.9 Å². The van der Waals surface area contributed by atoms with Gasteiger partial charge in [-0.15, -0.1) is 0 Å². The molecule has 7 heteroatoms. The molecule has 5 nitrogen and oxygen atoms in total. The monoisotopic (exact) mass is 255 g/mol. The first-order chi connectivity index (χ1) is 7.99. The maximum Gasteiger partial charge on any atom is 0.265 e. The molecule has 1 aromatic carbocycles. The molecule has 0 aliphatic carbocycles. The number of rotatable bonds is 3. The summed E-state index contributed by atoms with van der Waals surface area (Å²) in [5, 5.41) is 5.97. The number of aryl methyl sites for hydroxylation is 1. The molecule has 17 heavy (non-hydrogen) atoms. The summed E-state index contributed by atoms with van der Waals surface area (Å²) >= 11 is 0. The van der Waals surface area contributed by atoms with E-state index in [1.165, 1.54) is 30.6 Å². The van der Waals surface area contributed by atoms with Crippen molar-refractivity contribution in [3.05, 3.63) is 42.0 Å². The zero-order valence-electron chi connectivity index (χ0n) is 8.94. The first-order valence-corrected chi connectivity index (χ1v) is 6.25. The molecule has 0 bridgehead atoms. The summed E-state index contributed by atoms with van der Waals surface area (Å²) < 4.78 is 38.9. The normalized spacial score (nSPS) is 11.4. The fraction of sp³-hybridized carbons (Fsp3) is 0.100. The second-order valence-corrected chi connectivity index (χ2v) is 5.19. The second-order valence-electron chi connectivity index (χ2n) is 3.50. The van der Waals surface area contributed by atoms with Crippen molar-refractivity contribution in [1.29, 1.82) is 0 Å². The SMILES string of the molecule is Cc1cc(NS(=O)(=O)c2cn[nH]c2)ccc1F. The Bertz CT molecular complexity index is 623. The Morgan fingerprint density at radius 2 is 2.18 bits per heavy atom. The number of nitrogens with zero attached hydrogens (tertiary/aromatic N) is 1. The van der Waals surface area contributed by atoms with Gasteiger partial charge >= 0.3 is 0 Å². The number of aromatic amines is 1. The number of aromatic nitrogens is 2. The van der Waals surface area contributed by atoms with Crippen molar-refractivity contribution < 1.29 is 12.8 Å². The predicted molar refractivity (Wildman–Crippen MR) is 60.5 cm³/mol. The molecule has 0 radical (unpaired) electrons. The molecule has 0 fully saturated rings. The van der Waals surface area contributed by atoms with Crippen molar-refractivity contribution in [2.75, 3.05) is 4.72 Å². The van der Waals surface area contributed by atoms with E-state index < -0.39 is 10.0 Å². The average Bonchev–Trinajstić information content (AvgIpc) is 2.77. The topological polar surface area (TPSA) is 74.8 Å². The Labute approximate surface area is 97.7 Å². The fourth-order valence-corrected chi connectivity index (χ4v) is 2.26. The highest BCUT2D eigenvalue weighted by atomic mass is 32.2. The van der Waals surface area contributed by atoms with Crippen LogP contribution in [-0.4, -0.2) is 18.6 Å². The minimum Gasteiger partial charge on any atom is -0.284 e. The molecule has 0 amide bonds. The third kappa shape index (κ3) is 2.44. The van der Waals surface area contributed by atoms with Crippen LogP contribution in [0.25, 0.3) is 0 Å². The van der Waals surface area contributed by atoms with Gasteiger partial charge in [-0.25, -0.2) is 12.8 Å². The molecule has 0 atom stereocenters. The van der Waals surface area contributed by atoms with E-state index in [-0.39, 0.29) is 10.7 Å². The molecule has 0 unspecified atom stereocenters. The van der Waals surface area contributed by atoms with Crippen LogP contribution in [0.2, 0.25) is 0 Å². The first kappa shape index (κ1) is 11.6. The van der Waals surface area contributed by atoms with Crippen LogP contribution >= 0.6 is 0 Å². The van der Waals surface area contributed by atoms with E-state index in [1.54, 1.807) is 6.92 Å². The summed E-state index contributed by atoms with van der Waals surface area (Å²) in [4.78, 5) is 0.0273. The first-order valence-electron chi connectivity index (χ1n) is 4.77. The maximum atomic E-state index is 13.0. The van der Waals surface area contributed by atoms with E-state index in [1.807, 2.05) is 0 Å². The lowest BCUT2D eigenvalue weighted by Gasteiger charge is -2.07. The van der Waals surface area contributed by atoms with E-state index in [4.69, 9.17) is 0 Å². The highest BCUT2D eigenvalue weighted by molar-refractivity contribution is 7.92. The van der Waals surface area contributed by atoms with Gasteiger partial charge in [-0.1, -0.05) is 0 Å². The molecule has 0 aliphatic heterocycles. The quantitative estimate of drug-likeness (QED) is 0.875. The highest BCUT2D eigenvalue weighted by Gasteiger charge is 2.15. The van der Waals surface area contributed by atoms with Crippen LogP contribution in [0.4, 0.5) is 10.1 Å². The number of hydrogen-bond acceptors (Lipinski definition) is 3. The lowest BCUT2D eigenvalue weighted by atomic mass is 10.2. The van der Waals surface area contributed by atoms with Crippen molar-refractivity contribution in [3.8, 4) is 0 Å². The van der Waals surface area contributed by atoms with Crippen molar-refractivity contribution in [2.24, 2.45) is 0 Å². The van der Waals surface area contributed by atoms with E-state index in [0.29, 0.717) is 11.3 Å². The van der Waals surface area contributed by atoms with Crippen LogP contribution < -0.4 is 4.72 Å². The van der Waals surface area contributed by atoms with E-state index in [2.05, 4.69) is 14.9 Å². The van der Waals surface area contributed by atoms with E-state index in [9.17, 15) is 12.8 Å². The minimum atomic E-state index is -3.67. The molecule has 1 aromatic heterocycles. The summed E-state index contributed by atoms with van der Waals surface area (Å²) in [6, 6.07) is 4.00. The van der Waals surface area contributed by atoms with E-state index in [0.717, 1.165) is 0 Å². The van der Waals surface area contributed by atoms with Gasteiger partial charge in [-0.05, 0) is 30.7 Å². The van der Waals surface area contributed by atoms with Gasteiger partial charge in [0.1, 0.15) is 10.7 Å². The Morgan fingerprint density at radius 3 is 2.76 bits per heavy atom. The molecule has 2 N–H and O–H groups in total. The summed E-state index contributed by atoms with van der Waals surface area (Å²) in [7, 11) is -3.67. The third-order valence-corrected chi connectivity index (χ3v) is 3.54. The zero-order chi connectivity index (χ0) is 12.5. The minimum absolute atomic E-state index is 0.0273. The standard InChI is InChI=1S/C10H10FN3O2S/c1-7-4-8(2-3-10(7)11)14-17(15,16)9-5-12-13-6-9/h2-6,14H,1H3,(H,12,13). The van der Waals surface area contributed by atoms with Crippen molar-refractivity contribution >= 4 is 15.7 Å². The summed E-state index contributed by atoms with van der Waals surface area (Å²) in [5.74, 6) is -0.378. The molecule has 90 valence electrons. The van der Waals surface area contributed by atoms with Crippen LogP contribution in [-0.2, 0) is 10.0 Å². The molecule has 0 spiro atoms. The number of anilines is 1. The lowest BCUT2D eigenvalue weighted by Crippen LogP contribution is -2.12. The van der Waals surface area contributed by atoms with Crippen molar-refractivity contribution in [2.45, 2.75) is 11.8 Å². The Hall–Kier alpha value is -1.89. The number of hydrogen-bond donors (Lipinski definition) is 2. The van der Waals surface area contributed by atoms with Gasteiger partial charge in [0.25, 0.3) is 10.0 Å². The number of benzene rings is 1. The second kappa shape index (κ2) is 4.17. The fourth-order valence-electron chi connectivity index (χ4n) is 1.31. The Morgan fingerprint density at radius 1 is 1.41 bits per heavy atom. The lowest BCUT2D eigenvalue weighted by molar-refractivity contribution is 0.601. The number of halogens is 1. The number of sulfonamides is 1. The smallest absolute Gasteiger partial charge is 0.265 e. The predicted octanol–water partition coefficient (Wildman–Crippen LogP) is 1.66. The van der Waals surface area contributed by atoms with E-state index >= 15 is 0 Å². The number of H-pyrrole nitrogens is 1. The van der Waals surface area contributed by atoms with Crippen LogP contribution in [0.5, 0.6) is 0 Å². The molecule has 1 heterocycles. The number of nitrogens with one attached hydrogen (secondary N) is 2. The molecule has 0 saturated heterocycles. The largest absolute Gasteiger partial charge is 0.284 e. The summed E-state index contributed by atoms with van der Waals surface area (Å²) in [6.45, 7) is 1.56.